The van der Waals surface area contributed by atoms with Crippen molar-refractivity contribution >= 4 is 23.0 Å². The van der Waals surface area contributed by atoms with Gasteiger partial charge in [-0.25, -0.2) is 4.79 Å². The molecule has 4 aromatic rings. The number of benzene rings is 2. The van der Waals surface area contributed by atoms with Crippen molar-refractivity contribution in [3.63, 3.8) is 0 Å². The molecule has 1 atom stereocenters. The van der Waals surface area contributed by atoms with Crippen molar-refractivity contribution in [2.75, 3.05) is 13.7 Å². The number of nitrogens with one attached hydrogen (secondary N) is 1. The van der Waals surface area contributed by atoms with Crippen LogP contribution in [0, 0.1) is 11.3 Å². The summed E-state index contributed by atoms with van der Waals surface area (Å²) in [6, 6.07) is 9.78. The Bertz CT molecular complexity index is 1750. The Morgan fingerprint density at radius 1 is 1.16 bits per heavy atom. The number of ether oxygens (including phenoxy) is 3. The average Bonchev–Trinajstić information content (AvgIpc) is 3.56. The Morgan fingerprint density at radius 3 is 2.60 bits per heavy atom. The number of hydrogen-bond donors (Lipinski definition) is 1. The van der Waals surface area contributed by atoms with Crippen LogP contribution in [0.1, 0.15) is 50.1 Å². The van der Waals surface area contributed by atoms with Gasteiger partial charge < -0.3 is 23.7 Å². The molecule has 43 heavy (non-hydrogen) atoms. The van der Waals surface area contributed by atoms with Crippen LogP contribution in [0.5, 0.6) is 5.75 Å². The summed E-state index contributed by atoms with van der Waals surface area (Å²) in [5, 5.41) is 14.1. The molecule has 5 rings (SSSR count). The minimum Gasteiger partial charge on any atom is -0.469 e. The van der Waals surface area contributed by atoms with Gasteiger partial charge in [0.15, 0.2) is 0 Å². The number of hydrogen-bond acceptors (Lipinski definition) is 9. The molecule has 11 nitrogen and oxygen atoms in total. The summed E-state index contributed by atoms with van der Waals surface area (Å²) in [4.78, 5) is 34.5. The molecule has 1 N–H and O–H groups in total. The number of esters is 1. The molecule has 0 radical (unpaired) electrons. The van der Waals surface area contributed by atoms with Gasteiger partial charge in [-0.05, 0) is 69.2 Å². The second-order valence-electron chi connectivity index (χ2n) is 10.8. The number of nitrogens with zero attached hydrogens (tertiary/aromatic N) is 4. The van der Waals surface area contributed by atoms with Gasteiger partial charge in [0.25, 0.3) is 5.89 Å². The lowest BCUT2D eigenvalue weighted by atomic mass is 9.95. The van der Waals surface area contributed by atoms with Gasteiger partial charge in [0.1, 0.15) is 11.4 Å². The van der Waals surface area contributed by atoms with Crippen LogP contribution in [0.3, 0.4) is 0 Å². The molecule has 1 aliphatic heterocycles. The Hall–Kier alpha value is -5.06. The van der Waals surface area contributed by atoms with E-state index < -0.39 is 35.8 Å². The number of aromatic nitrogens is 3. The van der Waals surface area contributed by atoms with E-state index in [0.717, 1.165) is 28.6 Å². The maximum atomic E-state index is 13.0. The first-order valence-corrected chi connectivity index (χ1v) is 13.1. The fourth-order valence-electron chi connectivity index (χ4n) is 4.94. The molecule has 14 heteroatoms. The van der Waals surface area contributed by atoms with Gasteiger partial charge in [-0.15, -0.1) is 13.2 Å². The molecule has 0 aliphatic carbocycles. The number of alkyl halides is 3. The first-order valence-electron chi connectivity index (χ1n) is 13.1. The quantitative estimate of drug-likeness (QED) is 0.272. The van der Waals surface area contributed by atoms with Crippen LogP contribution in [0.25, 0.3) is 33.7 Å². The number of carbonyl (C=O) groups excluding carboxylic acids is 2. The smallest absolute Gasteiger partial charge is 0.469 e. The number of rotatable bonds is 5. The molecule has 1 aliphatic rings. The summed E-state index contributed by atoms with van der Waals surface area (Å²) < 4.78 is 58.1. The molecule has 2 aromatic carbocycles. The van der Waals surface area contributed by atoms with E-state index in [4.69, 9.17) is 14.0 Å². The summed E-state index contributed by atoms with van der Waals surface area (Å²) in [7, 11) is 1.28. The Kier molecular flexibility index (Phi) is 7.51. The highest BCUT2D eigenvalue weighted by molar-refractivity contribution is 5.89. The van der Waals surface area contributed by atoms with Crippen LogP contribution in [0.2, 0.25) is 0 Å². The van der Waals surface area contributed by atoms with E-state index in [-0.39, 0.29) is 29.3 Å². The molecule has 224 valence electrons. The van der Waals surface area contributed by atoms with Gasteiger partial charge in [-0.3, -0.25) is 9.69 Å². The third kappa shape index (κ3) is 6.40. The first-order chi connectivity index (χ1) is 20.2. The Morgan fingerprint density at radius 2 is 1.93 bits per heavy atom. The lowest BCUT2D eigenvalue weighted by Crippen LogP contribution is -2.43. The van der Waals surface area contributed by atoms with Crippen LogP contribution < -0.4 is 4.74 Å². The summed E-state index contributed by atoms with van der Waals surface area (Å²) in [5.41, 5.74) is 2.12. The number of aromatic amines is 1. The zero-order valence-corrected chi connectivity index (χ0v) is 23.5. The first kappa shape index (κ1) is 29.4. The molecule has 0 fully saturated rings. The van der Waals surface area contributed by atoms with Crippen LogP contribution >= 0.6 is 0 Å². The second kappa shape index (κ2) is 11.0. The largest absolute Gasteiger partial charge is 0.573 e. The van der Waals surface area contributed by atoms with Crippen LogP contribution in [-0.4, -0.2) is 57.7 Å². The number of methoxy groups -OCH3 is 1. The summed E-state index contributed by atoms with van der Waals surface area (Å²) in [5.74, 6) is -1.04. The summed E-state index contributed by atoms with van der Waals surface area (Å²) in [6.45, 7) is 5.58. The molecule has 0 bridgehead atoms. The van der Waals surface area contributed by atoms with Crippen molar-refractivity contribution in [1.29, 1.82) is 5.26 Å². The number of amides is 1. The van der Waals surface area contributed by atoms with Gasteiger partial charge in [0.05, 0.1) is 31.2 Å². The zero-order valence-electron chi connectivity index (χ0n) is 23.5. The molecular weight excluding hydrogens is 571 g/mol. The normalized spacial score (nSPS) is 15.1. The van der Waals surface area contributed by atoms with Gasteiger partial charge in [-0.2, -0.15) is 10.2 Å². The number of fused-ring (bicyclic) bond motifs is 3. The third-order valence-corrected chi connectivity index (χ3v) is 6.67. The van der Waals surface area contributed by atoms with Crippen molar-refractivity contribution in [3.05, 3.63) is 53.2 Å². The van der Waals surface area contributed by atoms with Crippen molar-refractivity contribution in [3.8, 4) is 34.7 Å². The summed E-state index contributed by atoms with van der Waals surface area (Å²) in [6.07, 6.45) is -5.11. The molecule has 0 saturated heterocycles. The molecule has 1 unspecified atom stereocenters. The van der Waals surface area contributed by atoms with Crippen LogP contribution in [0.15, 0.2) is 40.9 Å². The van der Waals surface area contributed by atoms with E-state index in [0.29, 0.717) is 24.2 Å². The number of carbonyl (C=O) groups is 2. The van der Waals surface area contributed by atoms with E-state index in [1.54, 1.807) is 39.0 Å². The predicted octanol–water partition coefficient (Wildman–Crippen LogP) is 6.05. The van der Waals surface area contributed by atoms with Crippen molar-refractivity contribution in [1.82, 2.24) is 20.0 Å². The summed E-state index contributed by atoms with van der Waals surface area (Å²) >= 11 is 0. The lowest BCUT2D eigenvalue weighted by molar-refractivity contribution is -0.274. The van der Waals surface area contributed by atoms with Gasteiger partial charge in [0, 0.05) is 34.3 Å². The minimum atomic E-state index is -4.95. The highest BCUT2D eigenvalue weighted by Crippen LogP contribution is 2.39. The Balaban J connectivity index is 1.49. The number of H-pyrrole nitrogens is 1. The van der Waals surface area contributed by atoms with Gasteiger partial charge in [-0.1, -0.05) is 5.16 Å². The monoisotopic (exact) mass is 597 g/mol. The highest BCUT2D eigenvalue weighted by atomic mass is 19.4. The maximum Gasteiger partial charge on any atom is 0.573 e. The molecular formula is C29H26F3N5O6. The topological polar surface area (TPSA) is 144 Å². The van der Waals surface area contributed by atoms with E-state index >= 15 is 0 Å². The van der Waals surface area contributed by atoms with Gasteiger partial charge in [0.2, 0.25) is 5.82 Å². The van der Waals surface area contributed by atoms with E-state index in [9.17, 15) is 28.0 Å². The second-order valence-corrected chi connectivity index (χ2v) is 10.8. The number of halogens is 3. The standard InChI is InChI=1S/C29H26F3N5O6/c1-28(2,3)42-27(39)37-8-7-19-20-12-16(5-6-21(20)34-24(19)22(37)13-23(38)40-4)25-35-26(43-36-25)17-9-15(14-33)10-18(11-17)41-29(30,31)32/h5-6,9-12,22,34H,7-8,13H2,1-4H3. The lowest BCUT2D eigenvalue weighted by Gasteiger charge is -2.36. The third-order valence-electron chi connectivity index (χ3n) is 6.67. The minimum absolute atomic E-state index is 0.0741. The van der Waals surface area contributed by atoms with Crippen LogP contribution in [0.4, 0.5) is 18.0 Å². The van der Waals surface area contributed by atoms with E-state index in [2.05, 4.69) is 19.9 Å². The molecule has 1 amide bonds. The van der Waals surface area contributed by atoms with Crippen molar-refractivity contribution < 1.29 is 41.5 Å². The Labute approximate surface area is 243 Å². The molecule has 2 aromatic heterocycles. The van der Waals surface area contributed by atoms with Crippen molar-refractivity contribution in [2.45, 2.75) is 51.6 Å². The molecule has 3 heterocycles. The van der Waals surface area contributed by atoms with Crippen molar-refractivity contribution in [2.24, 2.45) is 0 Å². The molecule has 0 saturated carbocycles. The predicted molar refractivity (Wildman–Crippen MR) is 144 cm³/mol. The maximum absolute atomic E-state index is 13.0. The highest BCUT2D eigenvalue weighted by Gasteiger charge is 2.37. The SMILES string of the molecule is COC(=O)CC1c2[nH]c3ccc(-c4noc(-c5cc(C#N)cc(OC(F)(F)F)c5)n4)cc3c2CCN1C(=O)OC(C)(C)C. The molecule has 0 spiro atoms. The zero-order chi connectivity index (χ0) is 31.1. The number of nitriles is 1. The fourth-order valence-corrected chi connectivity index (χ4v) is 4.94. The van der Waals surface area contributed by atoms with E-state index in [1.165, 1.54) is 18.1 Å². The van der Waals surface area contributed by atoms with Gasteiger partial charge >= 0.3 is 18.4 Å². The van der Waals surface area contributed by atoms with Crippen LogP contribution in [-0.2, 0) is 20.7 Å². The fraction of sp³-hybridized carbons (Fsp3) is 0.345. The van der Waals surface area contributed by atoms with E-state index in [1.807, 2.05) is 6.07 Å². The average molecular weight is 598 g/mol.